The largest absolute Gasteiger partial charge is 0.342 e. The van der Waals surface area contributed by atoms with Crippen molar-refractivity contribution in [3.05, 3.63) is 24.0 Å². The molecule has 1 aromatic carbocycles. The second-order valence-electron chi connectivity index (χ2n) is 4.80. The standard InChI is InChI=1S/C13H19N3O2S/c1-4-14-9(2)7-13-15-11-6-5-10(19(3,17)18)8-12(11)16-13/h5-6,8-9,14H,4,7H2,1-3H3,(H,15,16). The molecule has 104 valence electrons. The molecule has 1 heterocycles. The van der Waals surface area contributed by atoms with Gasteiger partial charge in [0.2, 0.25) is 0 Å². The van der Waals surface area contributed by atoms with Crippen LogP contribution in [0.5, 0.6) is 0 Å². The normalized spacial score (nSPS) is 13.8. The first-order valence-electron chi connectivity index (χ1n) is 6.32. The molecule has 2 rings (SSSR count). The number of benzene rings is 1. The minimum atomic E-state index is -3.18. The number of hydrogen-bond acceptors (Lipinski definition) is 4. The van der Waals surface area contributed by atoms with Gasteiger partial charge in [-0.15, -0.1) is 0 Å². The molecule has 5 nitrogen and oxygen atoms in total. The van der Waals surface area contributed by atoms with E-state index in [1.165, 1.54) is 6.26 Å². The second-order valence-corrected chi connectivity index (χ2v) is 6.81. The van der Waals surface area contributed by atoms with Crippen molar-refractivity contribution < 1.29 is 8.42 Å². The summed E-state index contributed by atoms with van der Waals surface area (Å²) in [6.07, 6.45) is 2.00. The second kappa shape index (κ2) is 5.30. The fourth-order valence-corrected chi connectivity index (χ4v) is 2.73. The van der Waals surface area contributed by atoms with Crippen LogP contribution >= 0.6 is 0 Å². The molecule has 0 radical (unpaired) electrons. The molecule has 0 amide bonds. The lowest BCUT2D eigenvalue weighted by Gasteiger charge is -2.09. The summed E-state index contributed by atoms with van der Waals surface area (Å²) >= 11 is 0. The molecule has 0 fully saturated rings. The Morgan fingerprint density at radius 3 is 2.79 bits per heavy atom. The van der Waals surface area contributed by atoms with Crippen molar-refractivity contribution in [3.63, 3.8) is 0 Å². The highest BCUT2D eigenvalue weighted by atomic mass is 32.2. The monoisotopic (exact) mass is 281 g/mol. The van der Waals surface area contributed by atoms with Crippen molar-refractivity contribution in [2.24, 2.45) is 0 Å². The van der Waals surface area contributed by atoms with Crippen LogP contribution in [0.3, 0.4) is 0 Å². The Bertz CT molecular complexity index is 676. The van der Waals surface area contributed by atoms with E-state index >= 15 is 0 Å². The molecule has 0 saturated carbocycles. The van der Waals surface area contributed by atoms with Crippen molar-refractivity contribution in [2.75, 3.05) is 12.8 Å². The zero-order valence-corrected chi connectivity index (χ0v) is 12.2. The average Bonchev–Trinajstić information content (AvgIpc) is 2.68. The van der Waals surface area contributed by atoms with Gasteiger partial charge in [-0.25, -0.2) is 13.4 Å². The lowest BCUT2D eigenvalue weighted by Crippen LogP contribution is -2.27. The van der Waals surface area contributed by atoms with Gasteiger partial charge in [0, 0.05) is 18.7 Å². The van der Waals surface area contributed by atoms with E-state index in [0.29, 0.717) is 10.9 Å². The van der Waals surface area contributed by atoms with Crippen LogP contribution < -0.4 is 5.32 Å². The minimum absolute atomic E-state index is 0.315. The number of rotatable bonds is 5. The highest BCUT2D eigenvalue weighted by molar-refractivity contribution is 7.90. The Labute approximate surface area is 113 Å². The van der Waals surface area contributed by atoms with Gasteiger partial charge in [0.1, 0.15) is 5.82 Å². The van der Waals surface area contributed by atoms with E-state index in [9.17, 15) is 8.42 Å². The number of hydrogen-bond donors (Lipinski definition) is 2. The third-order valence-electron chi connectivity index (χ3n) is 2.98. The van der Waals surface area contributed by atoms with Crippen molar-refractivity contribution >= 4 is 20.9 Å². The van der Waals surface area contributed by atoms with Crippen molar-refractivity contribution in [2.45, 2.75) is 31.2 Å². The molecule has 2 aromatic rings. The number of fused-ring (bicyclic) bond motifs is 1. The molecule has 0 aliphatic heterocycles. The van der Waals surface area contributed by atoms with E-state index in [0.717, 1.165) is 29.8 Å². The quantitative estimate of drug-likeness (QED) is 0.871. The van der Waals surface area contributed by atoms with Gasteiger partial charge in [0.15, 0.2) is 9.84 Å². The summed E-state index contributed by atoms with van der Waals surface area (Å²) in [6, 6.07) is 5.30. The van der Waals surface area contributed by atoms with E-state index in [1.54, 1.807) is 18.2 Å². The summed E-state index contributed by atoms with van der Waals surface area (Å²) < 4.78 is 23.0. The van der Waals surface area contributed by atoms with E-state index in [2.05, 4.69) is 29.1 Å². The van der Waals surface area contributed by atoms with E-state index in [4.69, 9.17) is 0 Å². The van der Waals surface area contributed by atoms with Crippen LogP contribution in [0.25, 0.3) is 11.0 Å². The first-order valence-corrected chi connectivity index (χ1v) is 8.21. The van der Waals surface area contributed by atoms with Crippen LogP contribution in [-0.2, 0) is 16.3 Å². The Hall–Kier alpha value is -1.40. The average molecular weight is 281 g/mol. The summed E-state index contributed by atoms with van der Waals surface area (Å²) in [7, 11) is -3.18. The number of aromatic amines is 1. The number of nitrogens with zero attached hydrogens (tertiary/aromatic N) is 1. The Balaban J connectivity index is 2.31. The SMILES string of the molecule is CCNC(C)Cc1nc2ccc(S(C)(=O)=O)cc2[nH]1. The van der Waals surface area contributed by atoms with Gasteiger partial charge in [-0.05, 0) is 31.7 Å². The van der Waals surface area contributed by atoms with Gasteiger partial charge in [-0.1, -0.05) is 6.92 Å². The number of sulfone groups is 1. The summed E-state index contributed by atoms with van der Waals surface area (Å²) in [5, 5.41) is 3.32. The highest BCUT2D eigenvalue weighted by Crippen LogP contribution is 2.17. The van der Waals surface area contributed by atoms with Gasteiger partial charge in [-0.3, -0.25) is 0 Å². The zero-order chi connectivity index (χ0) is 14.0. The van der Waals surface area contributed by atoms with Crippen LogP contribution in [0.4, 0.5) is 0 Å². The van der Waals surface area contributed by atoms with E-state index in [1.807, 2.05) is 0 Å². The zero-order valence-electron chi connectivity index (χ0n) is 11.4. The highest BCUT2D eigenvalue weighted by Gasteiger charge is 2.11. The van der Waals surface area contributed by atoms with Gasteiger partial charge < -0.3 is 10.3 Å². The molecule has 0 bridgehead atoms. The summed E-state index contributed by atoms with van der Waals surface area (Å²) in [4.78, 5) is 7.96. The molecular formula is C13H19N3O2S. The van der Waals surface area contributed by atoms with Crippen molar-refractivity contribution in [1.29, 1.82) is 0 Å². The molecule has 6 heteroatoms. The first kappa shape index (κ1) is 14.0. The number of H-pyrrole nitrogens is 1. The van der Waals surface area contributed by atoms with Crippen molar-refractivity contribution in [3.8, 4) is 0 Å². The predicted molar refractivity (Wildman–Crippen MR) is 76.0 cm³/mol. The fourth-order valence-electron chi connectivity index (χ4n) is 2.08. The molecule has 1 aromatic heterocycles. The molecule has 0 aliphatic rings. The number of imidazole rings is 1. The van der Waals surface area contributed by atoms with Gasteiger partial charge in [-0.2, -0.15) is 0 Å². The van der Waals surface area contributed by atoms with E-state index < -0.39 is 9.84 Å². The Morgan fingerprint density at radius 1 is 1.42 bits per heavy atom. The predicted octanol–water partition coefficient (Wildman–Crippen LogP) is 1.51. The molecule has 0 saturated heterocycles. The molecule has 1 unspecified atom stereocenters. The molecule has 0 spiro atoms. The van der Waals surface area contributed by atoms with Crippen LogP contribution in [0, 0.1) is 0 Å². The Morgan fingerprint density at radius 2 is 2.16 bits per heavy atom. The molecule has 19 heavy (non-hydrogen) atoms. The number of aromatic nitrogens is 2. The van der Waals surface area contributed by atoms with Crippen molar-refractivity contribution in [1.82, 2.24) is 15.3 Å². The lowest BCUT2D eigenvalue weighted by atomic mass is 10.2. The van der Waals surface area contributed by atoms with Crippen LogP contribution in [0.2, 0.25) is 0 Å². The van der Waals surface area contributed by atoms with E-state index in [-0.39, 0.29) is 0 Å². The maximum Gasteiger partial charge on any atom is 0.175 e. The number of nitrogens with one attached hydrogen (secondary N) is 2. The van der Waals surface area contributed by atoms with Gasteiger partial charge >= 0.3 is 0 Å². The summed E-state index contributed by atoms with van der Waals surface area (Å²) in [5.74, 6) is 0.870. The minimum Gasteiger partial charge on any atom is -0.342 e. The molecular weight excluding hydrogens is 262 g/mol. The molecule has 2 N–H and O–H groups in total. The number of likely N-dealkylation sites (N-methyl/N-ethyl adjacent to an activating group) is 1. The summed E-state index contributed by atoms with van der Waals surface area (Å²) in [6.45, 7) is 5.08. The maximum atomic E-state index is 11.5. The third-order valence-corrected chi connectivity index (χ3v) is 4.09. The first-order chi connectivity index (χ1) is 8.90. The third kappa shape index (κ3) is 3.33. The lowest BCUT2D eigenvalue weighted by molar-refractivity contribution is 0.555. The Kier molecular flexibility index (Phi) is 3.91. The summed E-state index contributed by atoms with van der Waals surface area (Å²) in [5.41, 5.74) is 1.56. The van der Waals surface area contributed by atoms with Crippen LogP contribution in [0.1, 0.15) is 19.7 Å². The van der Waals surface area contributed by atoms with Crippen LogP contribution in [0.15, 0.2) is 23.1 Å². The van der Waals surface area contributed by atoms with Gasteiger partial charge in [0.05, 0.1) is 15.9 Å². The topological polar surface area (TPSA) is 74.8 Å². The van der Waals surface area contributed by atoms with Gasteiger partial charge in [0.25, 0.3) is 0 Å². The smallest absolute Gasteiger partial charge is 0.175 e. The maximum absolute atomic E-state index is 11.5. The fraction of sp³-hybridized carbons (Fsp3) is 0.462. The van der Waals surface area contributed by atoms with Crippen LogP contribution in [-0.4, -0.2) is 37.2 Å². The molecule has 1 atom stereocenters. The molecule has 0 aliphatic carbocycles.